The summed E-state index contributed by atoms with van der Waals surface area (Å²) in [6.45, 7) is 0. The predicted octanol–water partition coefficient (Wildman–Crippen LogP) is 15.5. The number of nitrogens with zero attached hydrogens (tertiary/aromatic N) is 1. The highest BCUT2D eigenvalue weighted by atomic mass is 32.1. The number of thiophene rings is 1. The van der Waals surface area contributed by atoms with Crippen LogP contribution in [0.4, 0.5) is 17.1 Å². The molecule has 0 spiro atoms. The molecule has 2 heteroatoms. The van der Waals surface area contributed by atoms with Crippen LogP contribution in [0.25, 0.3) is 85.5 Å². The highest BCUT2D eigenvalue weighted by Gasteiger charge is 2.17. The normalized spacial score (nSPS) is 11.7. The lowest BCUT2D eigenvalue weighted by molar-refractivity contribution is 1.29. The first kappa shape index (κ1) is 30.8. The van der Waals surface area contributed by atoms with E-state index < -0.39 is 0 Å². The molecule has 11 rings (SSSR count). The van der Waals surface area contributed by atoms with E-state index in [9.17, 15) is 0 Å². The zero-order chi connectivity index (χ0) is 35.6. The second-order valence-corrected chi connectivity index (χ2v) is 15.2. The fraction of sp³-hybridized carbons (Fsp3) is 0. The van der Waals surface area contributed by atoms with Crippen LogP contribution in [0.1, 0.15) is 0 Å². The molecule has 0 radical (unpaired) electrons. The summed E-state index contributed by atoms with van der Waals surface area (Å²) < 4.78 is 2.62. The first-order chi connectivity index (χ1) is 26.8. The first-order valence-electron chi connectivity index (χ1n) is 18.5. The fourth-order valence-electron chi connectivity index (χ4n) is 8.46. The summed E-state index contributed by atoms with van der Waals surface area (Å²) in [7, 11) is 0. The molecule has 0 aliphatic carbocycles. The molecule has 1 nitrogen and oxygen atoms in total. The molecule has 0 bridgehead atoms. The van der Waals surface area contributed by atoms with Crippen LogP contribution in [0.5, 0.6) is 0 Å². The van der Waals surface area contributed by atoms with Crippen molar-refractivity contribution in [3.05, 3.63) is 200 Å². The standard InChI is InChI=1S/C52H33NS/c1-2-10-34(11-3-1)35-20-25-40(26-21-35)53(42-29-31-49-48(33-42)52-44-15-7-5-13-37(44)24-30-50(52)54-49)41-27-22-38(23-28-41)47-32-39-19-18-36-12-4-6-14-43(36)51(39)46-17-9-8-16-45(46)47/h1-33H. The quantitative estimate of drug-likeness (QED) is 0.161. The first-order valence-corrected chi connectivity index (χ1v) is 19.3. The molecular weight excluding hydrogens is 671 g/mol. The van der Waals surface area contributed by atoms with Crippen molar-refractivity contribution < 1.29 is 0 Å². The van der Waals surface area contributed by atoms with Gasteiger partial charge in [-0.15, -0.1) is 11.3 Å². The predicted molar refractivity (Wildman–Crippen MR) is 235 cm³/mol. The lowest BCUT2D eigenvalue weighted by Crippen LogP contribution is -2.09. The van der Waals surface area contributed by atoms with Crippen molar-refractivity contribution >= 4 is 91.7 Å². The minimum absolute atomic E-state index is 1.12. The number of anilines is 3. The Labute approximate surface area is 317 Å². The molecule has 1 aromatic heterocycles. The lowest BCUT2D eigenvalue weighted by Gasteiger charge is -2.26. The van der Waals surface area contributed by atoms with Gasteiger partial charge in [0.2, 0.25) is 0 Å². The molecule has 0 N–H and O–H groups in total. The Hall–Kier alpha value is -6.74. The van der Waals surface area contributed by atoms with Crippen LogP contribution < -0.4 is 4.90 Å². The second kappa shape index (κ2) is 12.4. The zero-order valence-corrected chi connectivity index (χ0v) is 30.2. The van der Waals surface area contributed by atoms with Gasteiger partial charge >= 0.3 is 0 Å². The van der Waals surface area contributed by atoms with Crippen molar-refractivity contribution in [2.24, 2.45) is 0 Å². The van der Waals surface area contributed by atoms with Crippen LogP contribution in [0.3, 0.4) is 0 Å². The number of fused-ring (bicyclic) bond motifs is 10. The number of hydrogen-bond acceptors (Lipinski definition) is 2. The van der Waals surface area contributed by atoms with Gasteiger partial charge in [0.25, 0.3) is 0 Å². The summed E-state index contributed by atoms with van der Waals surface area (Å²) in [4.78, 5) is 2.40. The number of hydrogen-bond donors (Lipinski definition) is 0. The molecule has 1 heterocycles. The van der Waals surface area contributed by atoms with Gasteiger partial charge in [-0.2, -0.15) is 0 Å². The third-order valence-corrected chi connectivity index (χ3v) is 12.2. The van der Waals surface area contributed by atoms with Gasteiger partial charge < -0.3 is 4.90 Å². The van der Waals surface area contributed by atoms with E-state index in [1.807, 2.05) is 11.3 Å². The molecule has 10 aromatic carbocycles. The molecule has 0 unspecified atom stereocenters. The Morgan fingerprint density at radius 3 is 1.54 bits per heavy atom. The minimum atomic E-state index is 1.12. The fourth-order valence-corrected chi connectivity index (χ4v) is 9.56. The maximum Gasteiger partial charge on any atom is 0.0468 e. The van der Waals surface area contributed by atoms with Crippen LogP contribution in [-0.4, -0.2) is 0 Å². The molecular formula is C52H33NS. The third-order valence-electron chi connectivity index (χ3n) is 11.0. The maximum atomic E-state index is 2.40. The Morgan fingerprint density at radius 1 is 0.296 bits per heavy atom. The van der Waals surface area contributed by atoms with Crippen molar-refractivity contribution in [2.45, 2.75) is 0 Å². The summed E-state index contributed by atoms with van der Waals surface area (Å²) in [6, 6.07) is 73.5. The van der Waals surface area contributed by atoms with E-state index in [-0.39, 0.29) is 0 Å². The summed E-state index contributed by atoms with van der Waals surface area (Å²) in [5.41, 5.74) is 8.25. The monoisotopic (exact) mass is 703 g/mol. The van der Waals surface area contributed by atoms with Crippen LogP contribution in [0.2, 0.25) is 0 Å². The van der Waals surface area contributed by atoms with Gasteiger partial charge in [-0.25, -0.2) is 0 Å². The maximum absolute atomic E-state index is 2.40. The highest BCUT2D eigenvalue weighted by molar-refractivity contribution is 7.26. The molecule has 11 aromatic rings. The molecule has 0 fully saturated rings. The molecule has 0 aliphatic rings. The van der Waals surface area contributed by atoms with Gasteiger partial charge in [-0.3, -0.25) is 0 Å². The Bertz CT molecular complexity index is 3190. The number of benzene rings is 10. The molecule has 0 atom stereocenters. The van der Waals surface area contributed by atoms with Crippen molar-refractivity contribution in [1.29, 1.82) is 0 Å². The Kier molecular flexibility index (Phi) is 7.11. The average Bonchev–Trinajstić information content (AvgIpc) is 3.63. The van der Waals surface area contributed by atoms with Crippen molar-refractivity contribution in [3.8, 4) is 22.3 Å². The van der Waals surface area contributed by atoms with Crippen molar-refractivity contribution in [3.63, 3.8) is 0 Å². The van der Waals surface area contributed by atoms with E-state index in [2.05, 4.69) is 205 Å². The summed E-state index contributed by atoms with van der Waals surface area (Å²) in [5, 5.41) is 12.9. The molecule has 0 aliphatic heterocycles. The van der Waals surface area contributed by atoms with Crippen LogP contribution >= 0.6 is 11.3 Å². The SMILES string of the molecule is c1ccc(-c2ccc(N(c3ccc(-c4cc5ccc6ccccc6c5c5ccccc45)cc3)c3ccc4sc5ccc6ccccc6c5c4c3)cc2)cc1. The molecule has 0 saturated carbocycles. The van der Waals surface area contributed by atoms with E-state index in [1.54, 1.807) is 0 Å². The highest BCUT2D eigenvalue weighted by Crippen LogP contribution is 2.44. The van der Waals surface area contributed by atoms with E-state index in [1.165, 1.54) is 85.5 Å². The smallest absolute Gasteiger partial charge is 0.0468 e. The molecule has 0 saturated heterocycles. The van der Waals surface area contributed by atoms with Crippen molar-refractivity contribution in [1.82, 2.24) is 0 Å². The Morgan fingerprint density at radius 2 is 0.815 bits per heavy atom. The lowest BCUT2D eigenvalue weighted by atomic mass is 9.90. The second-order valence-electron chi connectivity index (χ2n) is 14.1. The van der Waals surface area contributed by atoms with E-state index in [4.69, 9.17) is 0 Å². The van der Waals surface area contributed by atoms with E-state index >= 15 is 0 Å². The average molecular weight is 704 g/mol. The van der Waals surface area contributed by atoms with Crippen LogP contribution in [0.15, 0.2) is 200 Å². The van der Waals surface area contributed by atoms with Crippen LogP contribution in [-0.2, 0) is 0 Å². The molecule has 0 amide bonds. The van der Waals surface area contributed by atoms with Crippen LogP contribution in [0, 0.1) is 0 Å². The van der Waals surface area contributed by atoms with Gasteiger partial charge in [-0.1, -0.05) is 146 Å². The Balaban J connectivity index is 1.08. The van der Waals surface area contributed by atoms with Gasteiger partial charge in [0.05, 0.1) is 0 Å². The summed E-state index contributed by atoms with van der Waals surface area (Å²) in [5.74, 6) is 0. The molecule has 54 heavy (non-hydrogen) atoms. The van der Waals surface area contributed by atoms with Gasteiger partial charge in [0.1, 0.15) is 0 Å². The topological polar surface area (TPSA) is 3.24 Å². The van der Waals surface area contributed by atoms with E-state index in [0.717, 1.165) is 17.1 Å². The van der Waals surface area contributed by atoms with E-state index in [0.29, 0.717) is 0 Å². The summed E-state index contributed by atoms with van der Waals surface area (Å²) in [6.07, 6.45) is 0. The third kappa shape index (κ3) is 4.99. The van der Waals surface area contributed by atoms with Gasteiger partial charge in [0, 0.05) is 37.2 Å². The summed E-state index contributed by atoms with van der Waals surface area (Å²) >= 11 is 1.87. The number of rotatable bonds is 5. The zero-order valence-electron chi connectivity index (χ0n) is 29.4. The van der Waals surface area contributed by atoms with Gasteiger partial charge in [0.15, 0.2) is 0 Å². The van der Waals surface area contributed by atoms with Crippen molar-refractivity contribution in [2.75, 3.05) is 4.90 Å². The molecule has 252 valence electrons. The minimum Gasteiger partial charge on any atom is -0.310 e. The van der Waals surface area contributed by atoms with Gasteiger partial charge in [-0.05, 0) is 120 Å². The largest absolute Gasteiger partial charge is 0.310 e.